The van der Waals surface area contributed by atoms with Crippen molar-refractivity contribution in [3.8, 4) is 0 Å². The topological polar surface area (TPSA) is 57.6 Å². The highest BCUT2D eigenvalue weighted by atomic mass is 32.2. The van der Waals surface area contributed by atoms with Crippen LogP contribution in [0.4, 0.5) is 4.39 Å². The number of aliphatic hydroxyl groups excluding tert-OH is 1. The Kier molecular flexibility index (Phi) is 3.99. The first kappa shape index (κ1) is 13.5. The van der Waals surface area contributed by atoms with Gasteiger partial charge in [-0.05, 0) is 30.5 Å². The van der Waals surface area contributed by atoms with Crippen LogP contribution in [0.3, 0.4) is 0 Å². The molecule has 1 aliphatic heterocycles. The Morgan fingerprint density at radius 3 is 2.33 bits per heavy atom. The van der Waals surface area contributed by atoms with Gasteiger partial charge in [0.05, 0.1) is 11.9 Å². The zero-order valence-electron chi connectivity index (χ0n) is 9.92. The molecule has 0 aromatic heterocycles. The normalized spacial score (nSPS) is 19.0. The van der Waals surface area contributed by atoms with Crippen molar-refractivity contribution < 1.29 is 17.9 Å². The fourth-order valence-corrected chi connectivity index (χ4v) is 3.57. The average molecular weight is 273 g/mol. The van der Waals surface area contributed by atoms with E-state index in [2.05, 4.69) is 0 Å². The molecule has 18 heavy (non-hydrogen) atoms. The molecule has 100 valence electrons. The summed E-state index contributed by atoms with van der Waals surface area (Å²) in [4.78, 5) is 0. The standard InChI is InChI=1S/C12H16FNO3S/c13-11-3-1-10(2-4-11)9-18(16,17)14-7-5-12(15)6-8-14/h1-4,12,15H,5-9H2. The highest BCUT2D eigenvalue weighted by Gasteiger charge is 2.27. The zero-order chi connectivity index (χ0) is 13.2. The number of aliphatic hydroxyl groups is 1. The van der Waals surface area contributed by atoms with Crippen molar-refractivity contribution in [2.75, 3.05) is 13.1 Å². The van der Waals surface area contributed by atoms with E-state index < -0.39 is 16.1 Å². The molecule has 1 aromatic rings. The number of hydrogen-bond acceptors (Lipinski definition) is 3. The van der Waals surface area contributed by atoms with Crippen LogP contribution in [0.15, 0.2) is 24.3 Å². The first-order chi connectivity index (χ1) is 8.47. The van der Waals surface area contributed by atoms with Crippen molar-refractivity contribution >= 4 is 10.0 Å². The van der Waals surface area contributed by atoms with Crippen molar-refractivity contribution in [3.63, 3.8) is 0 Å². The summed E-state index contributed by atoms with van der Waals surface area (Å²) in [6.07, 6.45) is 0.549. The van der Waals surface area contributed by atoms with Crippen LogP contribution in [-0.2, 0) is 15.8 Å². The molecule has 6 heteroatoms. The van der Waals surface area contributed by atoms with E-state index in [1.165, 1.54) is 28.6 Å². The number of rotatable bonds is 3. The van der Waals surface area contributed by atoms with Gasteiger partial charge in [0.15, 0.2) is 0 Å². The number of hydrogen-bond donors (Lipinski definition) is 1. The van der Waals surface area contributed by atoms with Gasteiger partial charge in [-0.1, -0.05) is 12.1 Å². The van der Waals surface area contributed by atoms with Crippen molar-refractivity contribution in [1.29, 1.82) is 0 Å². The van der Waals surface area contributed by atoms with Crippen LogP contribution in [-0.4, -0.2) is 37.0 Å². The lowest BCUT2D eigenvalue weighted by molar-refractivity contribution is 0.113. The minimum Gasteiger partial charge on any atom is -0.393 e. The first-order valence-electron chi connectivity index (χ1n) is 5.88. The maximum absolute atomic E-state index is 12.7. The van der Waals surface area contributed by atoms with Gasteiger partial charge in [0, 0.05) is 13.1 Å². The Hall–Kier alpha value is -0.980. The van der Waals surface area contributed by atoms with Crippen LogP contribution < -0.4 is 0 Å². The van der Waals surface area contributed by atoms with E-state index in [1.54, 1.807) is 0 Å². The van der Waals surface area contributed by atoms with Gasteiger partial charge in [-0.3, -0.25) is 0 Å². The number of halogens is 1. The third-order valence-electron chi connectivity index (χ3n) is 3.08. The molecule has 0 atom stereocenters. The molecular weight excluding hydrogens is 257 g/mol. The van der Waals surface area contributed by atoms with E-state index in [0.29, 0.717) is 31.5 Å². The summed E-state index contributed by atoms with van der Waals surface area (Å²) in [6, 6.07) is 5.47. The van der Waals surface area contributed by atoms with E-state index in [-0.39, 0.29) is 11.6 Å². The summed E-state index contributed by atoms with van der Waals surface area (Å²) in [7, 11) is -3.37. The molecule has 1 saturated heterocycles. The molecule has 0 saturated carbocycles. The van der Waals surface area contributed by atoms with Crippen LogP contribution in [0, 0.1) is 5.82 Å². The molecule has 0 aliphatic carbocycles. The number of benzene rings is 1. The van der Waals surface area contributed by atoms with Crippen molar-refractivity contribution in [2.45, 2.75) is 24.7 Å². The summed E-state index contributed by atoms with van der Waals surface area (Å²) in [6.45, 7) is 0.704. The van der Waals surface area contributed by atoms with Crippen molar-refractivity contribution in [2.24, 2.45) is 0 Å². The van der Waals surface area contributed by atoms with Gasteiger partial charge >= 0.3 is 0 Å². The van der Waals surface area contributed by atoms with Crippen molar-refractivity contribution in [1.82, 2.24) is 4.31 Å². The lowest BCUT2D eigenvalue weighted by Gasteiger charge is -2.28. The second-order valence-electron chi connectivity index (χ2n) is 4.51. The van der Waals surface area contributed by atoms with E-state index in [9.17, 15) is 17.9 Å². The van der Waals surface area contributed by atoms with Gasteiger partial charge in [0.25, 0.3) is 0 Å². The summed E-state index contributed by atoms with van der Waals surface area (Å²) >= 11 is 0. The van der Waals surface area contributed by atoms with Crippen LogP contribution >= 0.6 is 0 Å². The molecule has 1 aromatic carbocycles. The Morgan fingerprint density at radius 2 is 1.78 bits per heavy atom. The summed E-state index contributed by atoms with van der Waals surface area (Å²) in [5.41, 5.74) is 0.572. The van der Waals surface area contributed by atoms with Gasteiger partial charge in [-0.15, -0.1) is 0 Å². The van der Waals surface area contributed by atoms with Crippen LogP contribution in [0.25, 0.3) is 0 Å². The van der Waals surface area contributed by atoms with Gasteiger partial charge in [0.2, 0.25) is 10.0 Å². The monoisotopic (exact) mass is 273 g/mol. The molecule has 2 rings (SSSR count). The van der Waals surface area contributed by atoms with Gasteiger partial charge in [0.1, 0.15) is 5.82 Å². The maximum Gasteiger partial charge on any atom is 0.218 e. The highest BCUT2D eigenvalue weighted by Crippen LogP contribution is 2.17. The molecule has 0 bridgehead atoms. The second-order valence-corrected chi connectivity index (χ2v) is 6.48. The minimum absolute atomic E-state index is 0.122. The molecule has 0 amide bonds. The van der Waals surface area contributed by atoms with E-state index >= 15 is 0 Å². The molecule has 0 radical (unpaired) electrons. The summed E-state index contributed by atoms with van der Waals surface area (Å²) in [5.74, 6) is -0.499. The molecule has 0 unspecified atom stereocenters. The third-order valence-corrected chi connectivity index (χ3v) is 4.93. The third kappa shape index (κ3) is 3.28. The number of sulfonamides is 1. The number of piperidine rings is 1. The molecule has 1 aliphatic rings. The highest BCUT2D eigenvalue weighted by molar-refractivity contribution is 7.88. The van der Waals surface area contributed by atoms with Crippen molar-refractivity contribution in [3.05, 3.63) is 35.6 Å². The van der Waals surface area contributed by atoms with Crippen LogP contribution in [0.1, 0.15) is 18.4 Å². The average Bonchev–Trinajstić information content (AvgIpc) is 2.32. The predicted octanol–water partition coefficient (Wildman–Crippen LogP) is 1.11. The molecule has 4 nitrogen and oxygen atoms in total. The quantitative estimate of drug-likeness (QED) is 0.897. The smallest absolute Gasteiger partial charge is 0.218 e. The molecule has 0 spiro atoms. The van der Waals surface area contributed by atoms with Gasteiger partial charge in [-0.2, -0.15) is 0 Å². The Balaban J connectivity index is 2.05. The van der Waals surface area contributed by atoms with Gasteiger partial charge in [-0.25, -0.2) is 17.1 Å². The molecule has 1 N–H and O–H groups in total. The Morgan fingerprint density at radius 1 is 1.22 bits per heavy atom. The summed E-state index contributed by atoms with van der Waals surface area (Å²) < 4.78 is 38.3. The molecular formula is C12H16FNO3S. The fraction of sp³-hybridized carbons (Fsp3) is 0.500. The summed E-state index contributed by atoms with van der Waals surface area (Å²) in [5, 5.41) is 9.35. The fourth-order valence-electron chi connectivity index (χ4n) is 2.00. The van der Waals surface area contributed by atoms with E-state index in [0.717, 1.165) is 0 Å². The maximum atomic E-state index is 12.7. The zero-order valence-corrected chi connectivity index (χ0v) is 10.7. The van der Waals surface area contributed by atoms with Crippen LogP contribution in [0.5, 0.6) is 0 Å². The Bertz CT molecular complexity index is 493. The van der Waals surface area contributed by atoms with E-state index in [1.807, 2.05) is 0 Å². The molecule has 1 fully saturated rings. The minimum atomic E-state index is -3.37. The number of nitrogens with zero attached hydrogens (tertiary/aromatic N) is 1. The van der Waals surface area contributed by atoms with Crippen LogP contribution in [0.2, 0.25) is 0 Å². The first-order valence-corrected chi connectivity index (χ1v) is 7.48. The second kappa shape index (κ2) is 5.34. The van der Waals surface area contributed by atoms with E-state index in [4.69, 9.17) is 0 Å². The lowest BCUT2D eigenvalue weighted by atomic mass is 10.1. The van der Waals surface area contributed by atoms with Gasteiger partial charge < -0.3 is 5.11 Å². The SMILES string of the molecule is O=S(=O)(Cc1ccc(F)cc1)N1CCC(O)CC1. The predicted molar refractivity (Wildman–Crippen MR) is 65.8 cm³/mol. The Labute approximate surface area is 106 Å². The largest absolute Gasteiger partial charge is 0.393 e. The lowest BCUT2D eigenvalue weighted by Crippen LogP contribution is -2.40. The molecule has 1 heterocycles.